The van der Waals surface area contributed by atoms with E-state index in [0.29, 0.717) is 19.6 Å². The highest BCUT2D eigenvalue weighted by Gasteiger charge is 2.24. The predicted octanol–water partition coefficient (Wildman–Crippen LogP) is 0.413. The number of aliphatic hydroxyl groups is 1. The number of hydrogen-bond acceptors (Lipinski definition) is 5. The fraction of sp³-hybridized carbons (Fsp3) is 0.917. The molecule has 100 valence electrons. The first-order valence-electron chi connectivity index (χ1n) is 6.27. The van der Waals surface area contributed by atoms with Gasteiger partial charge in [-0.05, 0) is 19.4 Å². The summed E-state index contributed by atoms with van der Waals surface area (Å²) < 4.78 is 9.97. The zero-order chi connectivity index (χ0) is 12.5. The third-order valence-electron chi connectivity index (χ3n) is 3.14. The van der Waals surface area contributed by atoms with E-state index in [9.17, 15) is 4.79 Å². The molecule has 1 aliphatic heterocycles. The van der Waals surface area contributed by atoms with Crippen LogP contribution in [-0.2, 0) is 14.3 Å². The van der Waals surface area contributed by atoms with Gasteiger partial charge in [0, 0.05) is 12.6 Å². The predicted molar refractivity (Wildman–Crippen MR) is 63.7 cm³/mol. The van der Waals surface area contributed by atoms with Crippen LogP contribution < -0.4 is 0 Å². The van der Waals surface area contributed by atoms with Crippen molar-refractivity contribution >= 4 is 5.97 Å². The maximum absolute atomic E-state index is 11.3. The van der Waals surface area contributed by atoms with E-state index in [0.717, 1.165) is 19.5 Å². The molecule has 1 unspecified atom stereocenters. The Morgan fingerprint density at radius 3 is 2.94 bits per heavy atom. The number of aliphatic hydroxyl groups excluding tert-OH is 1. The van der Waals surface area contributed by atoms with E-state index in [4.69, 9.17) is 14.6 Å². The normalized spacial score (nSPS) is 21.4. The van der Waals surface area contributed by atoms with Gasteiger partial charge >= 0.3 is 5.97 Å². The van der Waals surface area contributed by atoms with Crippen LogP contribution in [0.3, 0.4) is 0 Å². The molecule has 1 atom stereocenters. The maximum atomic E-state index is 11.3. The Balaban J connectivity index is 2.29. The van der Waals surface area contributed by atoms with Crippen LogP contribution >= 0.6 is 0 Å². The molecule has 1 N–H and O–H groups in total. The van der Waals surface area contributed by atoms with Crippen molar-refractivity contribution in [1.82, 2.24) is 4.90 Å². The van der Waals surface area contributed by atoms with Crippen molar-refractivity contribution < 1.29 is 19.4 Å². The second-order valence-electron chi connectivity index (χ2n) is 4.30. The number of nitrogens with zero attached hydrogens (tertiary/aromatic N) is 1. The molecule has 0 aliphatic carbocycles. The van der Waals surface area contributed by atoms with Crippen LogP contribution in [-0.4, -0.2) is 62.0 Å². The lowest BCUT2D eigenvalue weighted by atomic mass is 9.99. The zero-order valence-electron chi connectivity index (χ0n) is 10.6. The fourth-order valence-electron chi connectivity index (χ4n) is 2.21. The summed E-state index contributed by atoms with van der Waals surface area (Å²) in [6, 6.07) is 0.286. The number of methoxy groups -OCH3 is 1. The first kappa shape index (κ1) is 14.4. The van der Waals surface area contributed by atoms with Gasteiger partial charge in [-0.1, -0.05) is 6.42 Å². The topological polar surface area (TPSA) is 59.0 Å². The largest absolute Gasteiger partial charge is 0.469 e. The summed E-state index contributed by atoms with van der Waals surface area (Å²) in [5.74, 6) is -0.141. The maximum Gasteiger partial charge on any atom is 0.307 e. The SMILES string of the molecule is COC(=O)CC1CCCCN1CCOCCO. The molecule has 1 rings (SSSR count). The summed E-state index contributed by atoms with van der Waals surface area (Å²) in [6.45, 7) is 2.89. The number of likely N-dealkylation sites (tertiary alicyclic amines) is 1. The molecule has 0 aromatic rings. The van der Waals surface area contributed by atoms with Crippen LogP contribution in [0.25, 0.3) is 0 Å². The zero-order valence-corrected chi connectivity index (χ0v) is 10.6. The minimum Gasteiger partial charge on any atom is -0.469 e. The van der Waals surface area contributed by atoms with Gasteiger partial charge in [0.15, 0.2) is 0 Å². The average molecular weight is 245 g/mol. The van der Waals surface area contributed by atoms with Gasteiger partial charge in [-0.3, -0.25) is 9.69 Å². The van der Waals surface area contributed by atoms with Crippen molar-refractivity contribution in [2.45, 2.75) is 31.7 Å². The van der Waals surface area contributed by atoms with Gasteiger partial charge < -0.3 is 14.6 Å². The van der Waals surface area contributed by atoms with E-state index in [1.165, 1.54) is 20.0 Å². The highest BCUT2D eigenvalue weighted by atomic mass is 16.5. The van der Waals surface area contributed by atoms with Crippen molar-refractivity contribution in [2.24, 2.45) is 0 Å². The smallest absolute Gasteiger partial charge is 0.307 e. The first-order chi connectivity index (χ1) is 8.27. The van der Waals surface area contributed by atoms with Crippen molar-refractivity contribution in [3.8, 4) is 0 Å². The average Bonchev–Trinajstić information content (AvgIpc) is 2.36. The number of hydrogen-bond donors (Lipinski definition) is 1. The number of ether oxygens (including phenoxy) is 2. The summed E-state index contributed by atoms with van der Waals surface area (Å²) in [5, 5.41) is 8.61. The molecule has 0 spiro atoms. The minimum atomic E-state index is -0.141. The fourth-order valence-corrected chi connectivity index (χ4v) is 2.21. The molecular formula is C12H23NO4. The van der Waals surface area contributed by atoms with Crippen LogP contribution in [0.5, 0.6) is 0 Å². The molecule has 0 aromatic heterocycles. The van der Waals surface area contributed by atoms with Crippen molar-refractivity contribution in [1.29, 1.82) is 0 Å². The van der Waals surface area contributed by atoms with E-state index in [2.05, 4.69) is 4.90 Å². The quantitative estimate of drug-likeness (QED) is 0.520. The van der Waals surface area contributed by atoms with Crippen LogP contribution in [0, 0.1) is 0 Å². The van der Waals surface area contributed by atoms with E-state index < -0.39 is 0 Å². The van der Waals surface area contributed by atoms with E-state index >= 15 is 0 Å². The van der Waals surface area contributed by atoms with Crippen LogP contribution in [0.2, 0.25) is 0 Å². The second-order valence-corrected chi connectivity index (χ2v) is 4.30. The molecule has 1 aliphatic rings. The third kappa shape index (κ3) is 5.48. The Morgan fingerprint density at radius 1 is 1.41 bits per heavy atom. The molecule has 0 aromatic carbocycles. The summed E-state index contributed by atoms with van der Waals surface area (Å²) in [6.07, 6.45) is 3.87. The molecule has 0 radical (unpaired) electrons. The van der Waals surface area contributed by atoms with Crippen molar-refractivity contribution in [2.75, 3.05) is 40.0 Å². The number of carbonyl (C=O) groups is 1. The van der Waals surface area contributed by atoms with Gasteiger partial charge in [-0.15, -0.1) is 0 Å². The highest BCUT2D eigenvalue weighted by Crippen LogP contribution is 2.19. The second kappa shape index (κ2) is 8.44. The lowest BCUT2D eigenvalue weighted by Gasteiger charge is -2.34. The summed E-state index contributed by atoms with van der Waals surface area (Å²) in [5.41, 5.74) is 0. The van der Waals surface area contributed by atoms with Crippen molar-refractivity contribution in [3.63, 3.8) is 0 Å². The minimum absolute atomic E-state index is 0.0611. The summed E-state index contributed by atoms with van der Waals surface area (Å²) in [4.78, 5) is 13.6. The Hall–Kier alpha value is -0.650. The summed E-state index contributed by atoms with van der Waals surface area (Å²) >= 11 is 0. The lowest BCUT2D eigenvalue weighted by Crippen LogP contribution is -2.42. The summed E-state index contributed by atoms with van der Waals surface area (Å²) in [7, 11) is 1.43. The van der Waals surface area contributed by atoms with Gasteiger partial charge in [0.05, 0.1) is 33.4 Å². The van der Waals surface area contributed by atoms with Crippen molar-refractivity contribution in [3.05, 3.63) is 0 Å². The molecule has 1 saturated heterocycles. The molecule has 0 saturated carbocycles. The van der Waals surface area contributed by atoms with Gasteiger partial charge in [0.25, 0.3) is 0 Å². The molecule has 0 amide bonds. The number of carbonyl (C=O) groups excluding carboxylic acids is 1. The Bertz CT molecular complexity index is 223. The van der Waals surface area contributed by atoms with E-state index in [1.807, 2.05) is 0 Å². The number of esters is 1. The molecule has 5 heteroatoms. The standard InChI is InChI=1S/C12H23NO4/c1-16-12(15)10-11-4-2-3-5-13(11)6-8-17-9-7-14/h11,14H,2-10H2,1H3. The number of piperidine rings is 1. The van der Waals surface area contributed by atoms with Gasteiger partial charge in [-0.2, -0.15) is 0 Å². The lowest BCUT2D eigenvalue weighted by molar-refractivity contribution is -0.142. The Kier molecular flexibility index (Phi) is 7.16. The van der Waals surface area contributed by atoms with Gasteiger partial charge in [-0.25, -0.2) is 0 Å². The monoisotopic (exact) mass is 245 g/mol. The molecule has 1 fully saturated rings. The molecule has 17 heavy (non-hydrogen) atoms. The molecule has 0 bridgehead atoms. The van der Waals surface area contributed by atoms with Gasteiger partial charge in [0.2, 0.25) is 0 Å². The van der Waals surface area contributed by atoms with E-state index in [-0.39, 0.29) is 18.6 Å². The van der Waals surface area contributed by atoms with Crippen LogP contribution in [0.4, 0.5) is 0 Å². The molecular weight excluding hydrogens is 222 g/mol. The Morgan fingerprint density at radius 2 is 2.24 bits per heavy atom. The molecule has 5 nitrogen and oxygen atoms in total. The molecule has 1 heterocycles. The first-order valence-corrected chi connectivity index (χ1v) is 6.27. The van der Waals surface area contributed by atoms with E-state index in [1.54, 1.807) is 0 Å². The third-order valence-corrected chi connectivity index (χ3v) is 3.14. The van der Waals surface area contributed by atoms with Crippen LogP contribution in [0.1, 0.15) is 25.7 Å². The van der Waals surface area contributed by atoms with Gasteiger partial charge in [0.1, 0.15) is 0 Å². The Labute approximate surface area is 103 Å². The van der Waals surface area contributed by atoms with Crippen LogP contribution in [0.15, 0.2) is 0 Å². The number of rotatable bonds is 7. The highest BCUT2D eigenvalue weighted by molar-refractivity contribution is 5.69.